The molecule has 1 N–H and O–H groups in total. The van der Waals surface area contributed by atoms with Crippen LogP contribution in [0.15, 0.2) is 22.7 Å². The fourth-order valence-corrected chi connectivity index (χ4v) is 3.16. The first-order chi connectivity index (χ1) is 12.1. The minimum Gasteiger partial charge on any atom is -0.481 e. The van der Waals surface area contributed by atoms with Gasteiger partial charge in [-0.25, -0.2) is 4.39 Å². The summed E-state index contributed by atoms with van der Waals surface area (Å²) < 4.78 is 21.6. The Morgan fingerprint density at radius 1 is 1.32 bits per heavy atom. The summed E-state index contributed by atoms with van der Waals surface area (Å²) >= 11 is 3.17. The normalized spacial score (nSPS) is 13.8. The Bertz CT molecular complexity index is 750. The summed E-state index contributed by atoms with van der Waals surface area (Å²) in [6, 6.07) is 4.44. The predicted molar refractivity (Wildman–Crippen MR) is 93.9 cm³/mol. The number of fused-ring (bicyclic) bond motifs is 1. The van der Waals surface area contributed by atoms with Gasteiger partial charge in [-0.05, 0) is 31.0 Å². The van der Waals surface area contributed by atoms with Crippen LogP contribution in [0.25, 0.3) is 0 Å². The van der Waals surface area contributed by atoms with Gasteiger partial charge in [0, 0.05) is 30.4 Å². The number of halogens is 2. The zero-order chi connectivity index (χ0) is 17.6. The molecule has 0 unspecified atom stereocenters. The average molecular weight is 411 g/mol. The standard InChI is InChI=1S/C17H20BrFN4O2/c18-12-5-6-14(13(19)10-12)25-11-17(24)20-8-7-16-22-21-15-4-2-1-3-9-23(15)16/h5-6,10H,1-4,7-9,11H2,(H,20,24). The topological polar surface area (TPSA) is 69.0 Å². The number of amides is 1. The Morgan fingerprint density at radius 2 is 2.20 bits per heavy atom. The molecule has 0 spiro atoms. The van der Waals surface area contributed by atoms with Crippen molar-refractivity contribution in [2.75, 3.05) is 13.2 Å². The molecule has 1 aliphatic rings. The second-order valence-electron chi connectivity index (χ2n) is 5.96. The van der Waals surface area contributed by atoms with E-state index in [1.54, 1.807) is 6.07 Å². The molecule has 3 rings (SSSR count). The number of hydrogen-bond donors (Lipinski definition) is 1. The van der Waals surface area contributed by atoms with Crippen LogP contribution in [0.1, 0.15) is 30.9 Å². The molecule has 6 nitrogen and oxygen atoms in total. The maximum Gasteiger partial charge on any atom is 0.257 e. The summed E-state index contributed by atoms with van der Waals surface area (Å²) in [4.78, 5) is 11.9. The van der Waals surface area contributed by atoms with Crippen molar-refractivity contribution >= 4 is 21.8 Å². The van der Waals surface area contributed by atoms with Crippen molar-refractivity contribution in [3.8, 4) is 5.75 Å². The molecule has 0 saturated carbocycles. The fraction of sp³-hybridized carbons (Fsp3) is 0.471. The van der Waals surface area contributed by atoms with Gasteiger partial charge in [0.05, 0.1) is 0 Å². The summed E-state index contributed by atoms with van der Waals surface area (Å²) in [5.74, 6) is 1.19. The lowest BCUT2D eigenvalue weighted by Crippen LogP contribution is -2.31. The molecule has 8 heteroatoms. The lowest BCUT2D eigenvalue weighted by Gasteiger charge is -2.09. The Balaban J connectivity index is 1.44. The van der Waals surface area contributed by atoms with Crippen LogP contribution in [-0.4, -0.2) is 33.8 Å². The van der Waals surface area contributed by atoms with Gasteiger partial charge in [0.2, 0.25) is 0 Å². The van der Waals surface area contributed by atoms with Crippen LogP contribution in [0.3, 0.4) is 0 Å². The maximum atomic E-state index is 13.6. The van der Waals surface area contributed by atoms with Gasteiger partial charge < -0.3 is 14.6 Å². The molecule has 25 heavy (non-hydrogen) atoms. The summed E-state index contributed by atoms with van der Waals surface area (Å²) in [6.07, 6.45) is 5.08. The van der Waals surface area contributed by atoms with Crippen LogP contribution in [0.2, 0.25) is 0 Å². The summed E-state index contributed by atoms with van der Waals surface area (Å²) in [5, 5.41) is 11.2. The highest BCUT2D eigenvalue weighted by Gasteiger charge is 2.14. The molecule has 2 heterocycles. The van der Waals surface area contributed by atoms with E-state index in [0.29, 0.717) is 17.4 Å². The van der Waals surface area contributed by atoms with Crippen molar-refractivity contribution < 1.29 is 13.9 Å². The zero-order valence-corrected chi connectivity index (χ0v) is 15.4. The molecular weight excluding hydrogens is 391 g/mol. The van der Waals surface area contributed by atoms with Crippen LogP contribution in [0.5, 0.6) is 5.75 Å². The Kier molecular flexibility index (Phi) is 6.01. The van der Waals surface area contributed by atoms with Gasteiger partial charge >= 0.3 is 0 Å². The molecule has 0 radical (unpaired) electrons. The number of hydrogen-bond acceptors (Lipinski definition) is 4. The van der Waals surface area contributed by atoms with E-state index in [4.69, 9.17) is 4.74 Å². The number of aryl methyl sites for hydroxylation is 1. The first-order valence-electron chi connectivity index (χ1n) is 8.39. The van der Waals surface area contributed by atoms with E-state index in [1.807, 2.05) is 0 Å². The highest BCUT2D eigenvalue weighted by Crippen LogP contribution is 2.21. The summed E-state index contributed by atoms with van der Waals surface area (Å²) in [6.45, 7) is 1.16. The molecule has 0 bridgehead atoms. The molecule has 1 aromatic heterocycles. The molecule has 1 aliphatic heterocycles. The molecule has 1 aromatic carbocycles. The summed E-state index contributed by atoms with van der Waals surface area (Å²) in [5.41, 5.74) is 0. The quantitative estimate of drug-likeness (QED) is 0.794. The first-order valence-corrected chi connectivity index (χ1v) is 9.18. The second-order valence-corrected chi connectivity index (χ2v) is 6.87. The van der Waals surface area contributed by atoms with Crippen molar-refractivity contribution in [1.29, 1.82) is 0 Å². The van der Waals surface area contributed by atoms with Gasteiger partial charge in [0.25, 0.3) is 5.91 Å². The number of carbonyl (C=O) groups excluding carboxylic acids is 1. The number of aromatic nitrogens is 3. The minimum atomic E-state index is -0.506. The summed E-state index contributed by atoms with van der Waals surface area (Å²) in [7, 11) is 0. The van der Waals surface area contributed by atoms with Crippen molar-refractivity contribution in [2.24, 2.45) is 0 Å². The number of nitrogens with one attached hydrogen (secondary N) is 1. The van der Waals surface area contributed by atoms with E-state index in [0.717, 1.165) is 37.5 Å². The molecule has 0 saturated heterocycles. The largest absolute Gasteiger partial charge is 0.481 e. The highest BCUT2D eigenvalue weighted by atomic mass is 79.9. The van der Waals surface area contributed by atoms with Crippen LogP contribution in [0, 0.1) is 5.82 Å². The first kappa shape index (κ1) is 17.8. The monoisotopic (exact) mass is 410 g/mol. The third-order valence-electron chi connectivity index (χ3n) is 4.11. The van der Waals surface area contributed by atoms with E-state index >= 15 is 0 Å². The van der Waals surface area contributed by atoms with Gasteiger partial charge in [-0.1, -0.05) is 22.4 Å². The Labute approximate surface area is 153 Å². The lowest BCUT2D eigenvalue weighted by atomic mass is 10.2. The van der Waals surface area contributed by atoms with Crippen LogP contribution < -0.4 is 10.1 Å². The third-order valence-corrected chi connectivity index (χ3v) is 4.60. The number of carbonyl (C=O) groups is 1. The van der Waals surface area contributed by atoms with Gasteiger partial charge in [-0.3, -0.25) is 4.79 Å². The van der Waals surface area contributed by atoms with Gasteiger partial charge in [-0.2, -0.15) is 0 Å². The molecule has 134 valence electrons. The number of nitrogens with zero attached hydrogens (tertiary/aromatic N) is 3. The third kappa shape index (κ3) is 4.78. The minimum absolute atomic E-state index is 0.0566. The van der Waals surface area contributed by atoms with E-state index in [-0.39, 0.29) is 18.3 Å². The molecular formula is C17H20BrFN4O2. The number of rotatable bonds is 6. The average Bonchev–Trinajstić information content (AvgIpc) is 2.81. The number of benzene rings is 1. The van der Waals surface area contributed by atoms with E-state index < -0.39 is 5.82 Å². The Morgan fingerprint density at radius 3 is 3.04 bits per heavy atom. The molecule has 2 aromatic rings. The van der Waals surface area contributed by atoms with Crippen molar-refractivity contribution in [1.82, 2.24) is 20.1 Å². The van der Waals surface area contributed by atoms with E-state index in [9.17, 15) is 9.18 Å². The highest BCUT2D eigenvalue weighted by molar-refractivity contribution is 9.10. The van der Waals surface area contributed by atoms with Crippen LogP contribution in [-0.2, 0) is 24.2 Å². The van der Waals surface area contributed by atoms with Gasteiger partial charge in [0.15, 0.2) is 18.2 Å². The van der Waals surface area contributed by atoms with Gasteiger partial charge in [-0.15, -0.1) is 10.2 Å². The molecule has 1 amide bonds. The van der Waals surface area contributed by atoms with Crippen molar-refractivity contribution in [3.63, 3.8) is 0 Å². The van der Waals surface area contributed by atoms with E-state index in [2.05, 4.69) is 36.0 Å². The van der Waals surface area contributed by atoms with Crippen molar-refractivity contribution in [3.05, 3.63) is 40.1 Å². The molecule has 0 atom stereocenters. The fourth-order valence-electron chi connectivity index (χ4n) is 2.83. The molecule has 0 aliphatic carbocycles. The zero-order valence-electron chi connectivity index (χ0n) is 13.8. The SMILES string of the molecule is O=C(COc1ccc(Br)cc1F)NCCc1nnc2n1CCCCC2. The number of ether oxygens (including phenoxy) is 1. The smallest absolute Gasteiger partial charge is 0.257 e. The van der Waals surface area contributed by atoms with Crippen LogP contribution in [0.4, 0.5) is 4.39 Å². The molecule has 0 fully saturated rings. The maximum absolute atomic E-state index is 13.6. The van der Waals surface area contributed by atoms with Crippen molar-refractivity contribution in [2.45, 2.75) is 38.6 Å². The predicted octanol–water partition coefficient (Wildman–Crippen LogP) is 2.64. The van der Waals surface area contributed by atoms with Crippen LogP contribution >= 0.6 is 15.9 Å². The van der Waals surface area contributed by atoms with Gasteiger partial charge in [0.1, 0.15) is 11.6 Å². The van der Waals surface area contributed by atoms with E-state index in [1.165, 1.54) is 18.6 Å². The second kappa shape index (κ2) is 8.42. The Hall–Kier alpha value is -1.96. The lowest BCUT2D eigenvalue weighted by molar-refractivity contribution is -0.123.